The number of hydrogen-bond donors (Lipinski definition) is 1. The molecule has 1 unspecified atom stereocenters. The maximum absolute atomic E-state index is 12.4. The van der Waals surface area contributed by atoms with Crippen molar-refractivity contribution in [1.29, 1.82) is 0 Å². The van der Waals surface area contributed by atoms with Crippen molar-refractivity contribution in [3.8, 4) is 17.0 Å². The molecule has 0 bridgehead atoms. The van der Waals surface area contributed by atoms with Gasteiger partial charge in [-0.15, -0.1) is 0 Å². The molecule has 1 N–H and O–H groups in total. The summed E-state index contributed by atoms with van der Waals surface area (Å²) in [5.41, 5.74) is 3.02. The first-order chi connectivity index (χ1) is 13.2. The first-order valence-electron chi connectivity index (χ1n) is 9.10. The van der Waals surface area contributed by atoms with E-state index in [4.69, 9.17) is 9.26 Å². The zero-order chi connectivity index (χ0) is 18.6. The van der Waals surface area contributed by atoms with Gasteiger partial charge in [0, 0.05) is 49.2 Å². The SMILES string of the molecule is COc1ccc(-c2cc(C3CCN(C(=O)CCc4ccno4)C3)[nH]n2)cc1. The molecule has 1 saturated heterocycles. The van der Waals surface area contributed by atoms with Gasteiger partial charge in [-0.05, 0) is 36.8 Å². The highest BCUT2D eigenvalue weighted by atomic mass is 16.5. The van der Waals surface area contributed by atoms with E-state index in [2.05, 4.69) is 21.4 Å². The summed E-state index contributed by atoms with van der Waals surface area (Å²) < 4.78 is 10.2. The van der Waals surface area contributed by atoms with Crippen LogP contribution in [0.4, 0.5) is 0 Å². The number of hydrogen-bond acceptors (Lipinski definition) is 5. The molecule has 140 valence electrons. The van der Waals surface area contributed by atoms with Crippen molar-refractivity contribution in [2.24, 2.45) is 0 Å². The molecule has 0 saturated carbocycles. The smallest absolute Gasteiger partial charge is 0.223 e. The number of rotatable bonds is 6. The number of aromatic amines is 1. The minimum Gasteiger partial charge on any atom is -0.497 e. The standard InChI is InChI=1S/C20H22N4O3/c1-26-16-4-2-14(3-5-16)18-12-19(23-22-18)15-9-11-24(13-15)20(25)7-6-17-8-10-21-27-17/h2-5,8,10,12,15H,6-7,9,11,13H2,1H3,(H,22,23). The molecule has 1 fully saturated rings. The number of H-pyrrole nitrogens is 1. The summed E-state index contributed by atoms with van der Waals surface area (Å²) in [6.07, 6.45) is 3.58. The van der Waals surface area contributed by atoms with Crippen LogP contribution in [0.1, 0.15) is 30.2 Å². The lowest BCUT2D eigenvalue weighted by atomic mass is 10.0. The van der Waals surface area contributed by atoms with Gasteiger partial charge in [0.1, 0.15) is 11.5 Å². The van der Waals surface area contributed by atoms with Crippen molar-refractivity contribution in [3.63, 3.8) is 0 Å². The number of aromatic nitrogens is 3. The maximum atomic E-state index is 12.4. The Kier molecular flexibility index (Phi) is 4.91. The lowest BCUT2D eigenvalue weighted by Gasteiger charge is -2.15. The molecule has 3 aromatic rings. The second-order valence-electron chi connectivity index (χ2n) is 6.74. The molecule has 1 atom stereocenters. The number of carbonyl (C=O) groups is 1. The van der Waals surface area contributed by atoms with Crippen LogP contribution in [0.3, 0.4) is 0 Å². The molecule has 7 heteroatoms. The predicted octanol–water partition coefficient (Wildman–Crippen LogP) is 3.02. The van der Waals surface area contributed by atoms with Crippen molar-refractivity contribution in [2.75, 3.05) is 20.2 Å². The molecule has 1 aliphatic rings. The number of ether oxygens (including phenoxy) is 1. The van der Waals surface area contributed by atoms with E-state index in [0.717, 1.165) is 48.0 Å². The number of likely N-dealkylation sites (tertiary alicyclic amines) is 1. The molecule has 27 heavy (non-hydrogen) atoms. The van der Waals surface area contributed by atoms with Crippen molar-refractivity contribution in [3.05, 3.63) is 54.0 Å². The van der Waals surface area contributed by atoms with E-state index >= 15 is 0 Å². The van der Waals surface area contributed by atoms with Gasteiger partial charge in [0.05, 0.1) is 19.0 Å². The van der Waals surface area contributed by atoms with Gasteiger partial charge in [-0.25, -0.2) is 0 Å². The van der Waals surface area contributed by atoms with Crippen molar-refractivity contribution in [2.45, 2.75) is 25.2 Å². The second-order valence-corrected chi connectivity index (χ2v) is 6.74. The Morgan fingerprint density at radius 1 is 1.33 bits per heavy atom. The topological polar surface area (TPSA) is 84.2 Å². The largest absolute Gasteiger partial charge is 0.497 e. The summed E-state index contributed by atoms with van der Waals surface area (Å²) in [4.78, 5) is 14.4. The average Bonchev–Trinajstić information content (AvgIpc) is 3.47. The lowest BCUT2D eigenvalue weighted by Crippen LogP contribution is -2.28. The molecule has 0 spiro atoms. The third-order valence-electron chi connectivity index (χ3n) is 5.04. The molecule has 1 aliphatic heterocycles. The van der Waals surface area contributed by atoms with E-state index in [0.29, 0.717) is 18.8 Å². The number of amides is 1. The minimum absolute atomic E-state index is 0.156. The zero-order valence-corrected chi connectivity index (χ0v) is 15.2. The first-order valence-corrected chi connectivity index (χ1v) is 9.10. The van der Waals surface area contributed by atoms with Gasteiger partial charge in [-0.2, -0.15) is 5.10 Å². The zero-order valence-electron chi connectivity index (χ0n) is 15.2. The quantitative estimate of drug-likeness (QED) is 0.725. The average molecular weight is 366 g/mol. The van der Waals surface area contributed by atoms with Crippen LogP contribution in [0.5, 0.6) is 5.75 Å². The summed E-state index contributed by atoms with van der Waals surface area (Å²) in [6, 6.07) is 11.7. The highest BCUT2D eigenvalue weighted by Crippen LogP contribution is 2.29. The van der Waals surface area contributed by atoms with Crippen LogP contribution in [0.2, 0.25) is 0 Å². The first kappa shape index (κ1) is 17.3. The molecular weight excluding hydrogens is 344 g/mol. The van der Waals surface area contributed by atoms with Crippen LogP contribution in [0, 0.1) is 0 Å². The number of methoxy groups -OCH3 is 1. The van der Waals surface area contributed by atoms with E-state index in [1.54, 1.807) is 19.4 Å². The molecule has 4 rings (SSSR count). The fourth-order valence-corrected chi connectivity index (χ4v) is 3.46. The minimum atomic E-state index is 0.156. The predicted molar refractivity (Wildman–Crippen MR) is 99.3 cm³/mol. The van der Waals surface area contributed by atoms with Crippen molar-refractivity contribution in [1.82, 2.24) is 20.3 Å². The summed E-state index contributed by atoms with van der Waals surface area (Å²) in [7, 11) is 1.65. The van der Waals surface area contributed by atoms with Crippen LogP contribution in [-0.4, -0.2) is 46.4 Å². The van der Waals surface area contributed by atoms with Gasteiger partial charge in [-0.3, -0.25) is 9.89 Å². The highest BCUT2D eigenvalue weighted by Gasteiger charge is 2.28. The van der Waals surface area contributed by atoms with Crippen LogP contribution in [-0.2, 0) is 11.2 Å². The normalized spacial score (nSPS) is 16.6. The molecular formula is C20H22N4O3. The number of aryl methyl sites for hydroxylation is 1. The lowest BCUT2D eigenvalue weighted by molar-refractivity contribution is -0.130. The summed E-state index contributed by atoms with van der Waals surface area (Å²) >= 11 is 0. The van der Waals surface area contributed by atoms with Crippen molar-refractivity contribution < 1.29 is 14.1 Å². The number of benzene rings is 1. The summed E-state index contributed by atoms with van der Waals surface area (Å²) in [6.45, 7) is 1.50. The molecule has 0 aliphatic carbocycles. The highest BCUT2D eigenvalue weighted by molar-refractivity contribution is 5.76. The summed E-state index contributed by atoms with van der Waals surface area (Å²) in [5, 5.41) is 11.3. The third-order valence-corrected chi connectivity index (χ3v) is 5.04. The van der Waals surface area contributed by atoms with Crippen molar-refractivity contribution >= 4 is 5.91 Å². The Balaban J connectivity index is 1.36. The molecule has 2 aromatic heterocycles. The Hall–Kier alpha value is -3.09. The van der Waals surface area contributed by atoms with E-state index < -0.39 is 0 Å². The van der Waals surface area contributed by atoms with Crippen LogP contribution in [0.15, 0.2) is 47.1 Å². The maximum Gasteiger partial charge on any atom is 0.223 e. The van der Waals surface area contributed by atoms with Gasteiger partial charge in [0.25, 0.3) is 0 Å². The van der Waals surface area contributed by atoms with Gasteiger partial charge in [0.15, 0.2) is 0 Å². The van der Waals surface area contributed by atoms with Gasteiger partial charge in [-0.1, -0.05) is 5.16 Å². The molecule has 0 radical (unpaired) electrons. The van der Waals surface area contributed by atoms with Gasteiger partial charge in [0.2, 0.25) is 5.91 Å². The Morgan fingerprint density at radius 2 is 2.19 bits per heavy atom. The fourth-order valence-electron chi connectivity index (χ4n) is 3.46. The number of nitrogens with one attached hydrogen (secondary N) is 1. The molecule has 3 heterocycles. The number of carbonyl (C=O) groups excluding carboxylic acids is 1. The molecule has 7 nitrogen and oxygen atoms in total. The number of nitrogens with zero attached hydrogens (tertiary/aromatic N) is 3. The van der Waals surface area contributed by atoms with E-state index in [1.807, 2.05) is 29.2 Å². The fraction of sp³-hybridized carbons (Fsp3) is 0.350. The molecule has 1 amide bonds. The van der Waals surface area contributed by atoms with E-state index in [-0.39, 0.29) is 5.91 Å². The van der Waals surface area contributed by atoms with Gasteiger partial charge >= 0.3 is 0 Å². The monoisotopic (exact) mass is 366 g/mol. The van der Waals surface area contributed by atoms with E-state index in [1.165, 1.54) is 0 Å². The summed E-state index contributed by atoms with van der Waals surface area (Å²) in [5.74, 6) is 2.02. The Morgan fingerprint density at radius 3 is 2.93 bits per heavy atom. The van der Waals surface area contributed by atoms with Crippen LogP contribution in [0.25, 0.3) is 11.3 Å². The van der Waals surface area contributed by atoms with E-state index in [9.17, 15) is 4.79 Å². The Bertz CT molecular complexity index is 886. The third kappa shape index (κ3) is 3.86. The van der Waals surface area contributed by atoms with Crippen LogP contribution >= 0.6 is 0 Å². The Labute approximate surface area is 157 Å². The second kappa shape index (κ2) is 7.65. The molecule has 1 aromatic carbocycles. The van der Waals surface area contributed by atoms with Gasteiger partial charge < -0.3 is 14.2 Å². The van der Waals surface area contributed by atoms with Crippen LogP contribution < -0.4 is 4.74 Å².